The number of benzene rings is 1. The number of hydrogen-bond donors (Lipinski definition) is 2. The second-order valence-electron chi connectivity index (χ2n) is 3.65. The minimum Gasteiger partial charge on any atom is -0.271 e. The van der Waals surface area contributed by atoms with E-state index >= 15 is 0 Å². The Bertz CT molecular complexity index is 339. The van der Waals surface area contributed by atoms with Gasteiger partial charge in [-0.05, 0) is 36.5 Å². The molecule has 0 radical (unpaired) electrons. The van der Waals surface area contributed by atoms with Crippen molar-refractivity contribution in [1.82, 2.24) is 5.43 Å². The summed E-state index contributed by atoms with van der Waals surface area (Å²) in [5, 5.41) is 0.444. The van der Waals surface area contributed by atoms with Crippen molar-refractivity contribution in [1.29, 1.82) is 0 Å². The first kappa shape index (κ1) is 9.90. The first-order valence-corrected chi connectivity index (χ1v) is 5.01. The molecule has 1 aromatic rings. The maximum absolute atomic E-state index is 12.8. The van der Waals surface area contributed by atoms with E-state index in [1.165, 1.54) is 12.1 Å². The second-order valence-corrected chi connectivity index (χ2v) is 4.05. The molecular formula is C10H12ClFN2. The molecular weight excluding hydrogens is 203 g/mol. The molecule has 1 unspecified atom stereocenters. The highest BCUT2D eigenvalue weighted by Gasteiger charge is 2.32. The van der Waals surface area contributed by atoms with Gasteiger partial charge >= 0.3 is 0 Å². The summed E-state index contributed by atoms with van der Waals surface area (Å²) in [6.07, 6.45) is 2.31. The van der Waals surface area contributed by atoms with E-state index < -0.39 is 0 Å². The summed E-state index contributed by atoms with van der Waals surface area (Å²) in [4.78, 5) is 0. The lowest BCUT2D eigenvalue weighted by Gasteiger charge is -2.16. The Hall–Kier alpha value is -0.640. The summed E-state index contributed by atoms with van der Waals surface area (Å²) in [6, 6.07) is 4.49. The van der Waals surface area contributed by atoms with E-state index in [2.05, 4.69) is 5.43 Å². The summed E-state index contributed by atoms with van der Waals surface area (Å²) in [7, 11) is 0. The Morgan fingerprint density at radius 1 is 1.50 bits per heavy atom. The van der Waals surface area contributed by atoms with Crippen molar-refractivity contribution in [2.75, 3.05) is 0 Å². The minimum absolute atomic E-state index is 0.0584. The summed E-state index contributed by atoms with van der Waals surface area (Å²) in [5.41, 5.74) is 3.62. The summed E-state index contributed by atoms with van der Waals surface area (Å²) < 4.78 is 12.8. The molecule has 1 aliphatic carbocycles. The van der Waals surface area contributed by atoms with Gasteiger partial charge in [0.25, 0.3) is 0 Å². The Morgan fingerprint density at radius 2 is 2.21 bits per heavy atom. The fraction of sp³-hybridized carbons (Fsp3) is 0.400. The molecule has 1 aliphatic rings. The molecule has 1 fully saturated rings. The van der Waals surface area contributed by atoms with E-state index in [4.69, 9.17) is 17.4 Å². The van der Waals surface area contributed by atoms with Gasteiger partial charge in [-0.25, -0.2) is 4.39 Å². The van der Waals surface area contributed by atoms with Gasteiger partial charge in [0.15, 0.2) is 0 Å². The molecule has 1 aromatic carbocycles. The van der Waals surface area contributed by atoms with Crippen LogP contribution >= 0.6 is 11.6 Å². The van der Waals surface area contributed by atoms with Gasteiger partial charge in [0.2, 0.25) is 0 Å². The predicted octanol–water partition coefficient (Wildman–Crippen LogP) is 2.39. The van der Waals surface area contributed by atoms with Crippen LogP contribution in [0.5, 0.6) is 0 Å². The van der Waals surface area contributed by atoms with Gasteiger partial charge in [-0.1, -0.05) is 17.7 Å². The van der Waals surface area contributed by atoms with Crippen molar-refractivity contribution in [3.05, 3.63) is 34.6 Å². The van der Waals surface area contributed by atoms with Crippen molar-refractivity contribution < 1.29 is 4.39 Å². The van der Waals surface area contributed by atoms with E-state index in [0.29, 0.717) is 10.9 Å². The van der Waals surface area contributed by atoms with Crippen LogP contribution in [0.3, 0.4) is 0 Å². The van der Waals surface area contributed by atoms with Crippen LogP contribution < -0.4 is 11.3 Å². The van der Waals surface area contributed by atoms with Crippen molar-refractivity contribution in [3.8, 4) is 0 Å². The first-order chi connectivity index (χ1) is 6.72. The molecule has 0 amide bonds. The fourth-order valence-corrected chi connectivity index (χ4v) is 1.95. The molecule has 0 aliphatic heterocycles. The lowest BCUT2D eigenvalue weighted by molar-refractivity contribution is 0.495. The first-order valence-electron chi connectivity index (χ1n) is 4.63. The molecule has 0 saturated heterocycles. The highest BCUT2D eigenvalue weighted by Crippen LogP contribution is 2.42. The zero-order valence-electron chi connectivity index (χ0n) is 7.63. The average molecular weight is 215 g/mol. The number of hydrazine groups is 1. The molecule has 2 rings (SSSR count). The highest BCUT2D eigenvalue weighted by atomic mass is 35.5. The van der Waals surface area contributed by atoms with Gasteiger partial charge < -0.3 is 0 Å². The number of nitrogens with two attached hydrogens (primary N) is 1. The fourth-order valence-electron chi connectivity index (χ4n) is 1.66. The predicted molar refractivity (Wildman–Crippen MR) is 54.2 cm³/mol. The average Bonchev–Trinajstić information content (AvgIpc) is 2.93. The second kappa shape index (κ2) is 3.85. The van der Waals surface area contributed by atoms with Crippen molar-refractivity contribution in [2.24, 2.45) is 11.8 Å². The number of hydrogen-bond acceptors (Lipinski definition) is 2. The van der Waals surface area contributed by atoms with Gasteiger partial charge in [0.05, 0.1) is 6.04 Å². The number of nitrogens with one attached hydrogen (secondary N) is 1. The third-order valence-electron chi connectivity index (χ3n) is 2.57. The van der Waals surface area contributed by atoms with Crippen LogP contribution in [0.25, 0.3) is 0 Å². The van der Waals surface area contributed by atoms with Crippen LogP contribution in [0.2, 0.25) is 5.02 Å². The lowest BCUT2D eigenvalue weighted by atomic mass is 10.0. The van der Waals surface area contributed by atoms with E-state index in [9.17, 15) is 4.39 Å². The van der Waals surface area contributed by atoms with Gasteiger partial charge in [0, 0.05) is 5.02 Å². The lowest BCUT2D eigenvalue weighted by Crippen LogP contribution is -2.29. The number of halogens is 2. The zero-order chi connectivity index (χ0) is 10.1. The molecule has 0 spiro atoms. The van der Waals surface area contributed by atoms with E-state index in [1.54, 1.807) is 6.07 Å². The third kappa shape index (κ3) is 1.90. The molecule has 0 bridgehead atoms. The number of rotatable bonds is 3. The van der Waals surface area contributed by atoms with Crippen molar-refractivity contribution >= 4 is 11.6 Å². The van der Waals surface area contributed by atoms with Crippen LogP contribution in [0.1, 0.15) is 24.4 Å². The molecule has 1 atom stereocenters. The van der Waals surface area contributed by atoms with E-state index in [-0.39, 0.29) is 11.9 Å². The Kier molecular flexibility index (Phi) is 2.72. The molecule has 3 N–H and O–H groups in total. The molecule has 4 heteroatoms. The standard InChI is InChI=1S/C10H12ClFN2/c11-9-5-7(12)3-4-8(9)10(14-13)6-1-2-6/h3-6,10,14H,1-2,13H2. The van der Waals surface area contributed by atoms with E-state index in [1.807, 2.05) is 0 Å². The molecule has 1 saturated carbocycles. The van der Waals surface area contributed by atoms with Gasteiger partial charge in [0.1, 0.15) is 5.82 Å². The maximum atomic E-state index is 12.8. The van der Waals surface area contributed by atoms with Gasteiger partial charge in [-0.2, -0.15) is 0 Å². The maximum Gasteiger partial charge on any atom is 0.124 e. The Morgan fingerprint density at radius 3 is 2.71 bits per heavy atom. The zero-order valence-corrected chi connectivity index (χ0v) is 8.39. The molecule has 0 heterocycles. The van der Waals surface area contributed by atoms with Gasteiger partial charge in [-0.3, -0.25) is 11.3 Å². The topological polar surface area (TPSA) is 38.0 Å². The highest BCUT2D eigenvalue weighted by molar-refractivity contribution is 6.31. The van der Waals surface area contributed by atoms with Crippen LogP contribution in [0, 0.1) is 11.7 Å². The van der Waals surface area contributed by atoms with Gasteiger partial charge in [-0.15, -0.1) is 0 Å². The molecule has 76 valence electrons. The normalized spacial score (nSPS) is 18.2. The summed E-state index contributed by atoms with van der Waals surface area (Å²) in [5.74, 6) is 5.68. The Labute approximate surface area is 87.2 Å². The van der Waals surface area contributed by atoms with Crippen LogP contribution in [0.15, 0.2) is 18.2 Å². The van der Waals surface area contributed by atoms with Crippen LogP contribution in [0.4, 0.5) is 4.39 Å². The monoisotopic (exact) mass is 214 g/mol. The quantitative estimate of drug-likeness (QED) is 0.599. The van der Waals surface area contributed by atoms with Crippen LogP contribution in [-0.4, -0.2) is 0 Å². The SMILES string of the molecule is NNC(c1ccc(F)cc1Cl)C1CC1. The largest absolute Gasteiger partial charge is 0.271 e. The molecule has 14 heavy (non-hydrogen) atoms. The third-order valence-corrected chi connectivity index (χ3v) is 2.90. The summed E-state index contributed by atoms with van der Waals surface area (Å²) in [6.45, 7) is 0. The van der Waals surface area contributed by atoms with Crippen molar-refractivity contribution in [3.63, 3.8) is 0 Å². The molecule has 0 aromatic heterocycles. The van der Waals surface area contributed by atoms with Crippen LogP contribution in [-0.2, 0) is 0 Å². The molecule has 2 nitrogen and oxygen atoms in total. The minimum atomic E-state index is -0.315. The summed E-state index contributed by atoms with van der Waals surface area (Å²) >= 11 is 5.94. The smallest absolute Gasteiger partial charge is 0.124 e. The Balaban J connectivity index is 2.29. The van der Waals surface area contributed by atoms with E-state index in [0.717, 1.165) is 18.4 Å². The van der Waals surface area contributed by atoms with Crippen molar-refractivity contribution in [2.45, 2.75) is 18.9 Å².